The van der Waals surface area contributed by atoms with Crippen molar-refractivity contribution in [2.24, 2.45) is 0 Å². The van der Waals surface area contributed by atoms with Crippen LogP contribution in [0.3, 0.4) is 0 Å². The van der Waals surface area contributed by atoms with Crippen molar-refractivity contribution >= 4 is 11.8 Å². The molecule has 0 atom stereocenters. The van der Waals surface area contributed by atoms with Gasteiger partial charge in [0.15, 0.2) is 0 Å². The molecule has 0 aromatic carbocycles. The van der Waals surface area contributed by atoms with Crippen LogP contribution in [-0.4, -0.2) is 18.4 Å². The van der Waals surface area contributed by atoms with E-state index in [-0.39, 0.29) is 29.3 Å². The summed E-state index contributed by atoms with van der Waals surface area (Å²) in [4.78, 5) is 21.4. The van der Waals surface area contributed by atoms with E-state index in [4.69, 9.17) is 4.74 Å². The molecule has 0 aliphatic heterocycles. The number of carbonyl (C=O) groups is 2. The fourth-order valence-electron chi connectivity index (χ4n) is 0.553. The zero-order chi connectivity index (χ0) is 8.69. The third-order valence-corrected chi connectivity index (χ3v) is 1.20. The van der Waals surface area contributed by atoms with Crippen LogP contribution in [0.2, 0.25) is 0 Å². The fourth-order valence-corrected chi connectivity index (χ4v) is 0.553. The molecular formula is C8H14FeO3. The van der Waals surface area contributed by atoms with Crippen molar-refractivity contribution in [3.63, 3.8) is 0 Å². The van der Waals surface area contributed by atoms with Crippen molar-refractivity contribution in [3.05, 3.63) is 0 Å². The van der Waals surface area contributed by atoms with E-state index < -0.39 is 5.97 Å². The Hall–Kier alpha value is -0.341. The van der Waals surface area contributed by atoms with Crippen LogP contribution >= 0.6 is 0 Å². The van der Waals surface area contributed by atoms with Crippen LogP contribution in [0.5, 0.6) is 0 Å². The van der Waals surface area contributed by atoms with E-state index in [1.807, 2.05) is 6.92 Å². The molecule has 0 aromatic rings. The maximum atomic E-state index is 10.7. The molecule has 0 radical (unpaired) electrons. The number of ether oxygens (including phenoxy) is 1. The molecule has 12 heavy (non-hydrogen) atoms. The second-order valence-electron chi connectivity index (χ2n) is 2.29. The fraction of sp³-hybridized carbons (Fsp3) is 0.750. The van der Waals surface area contributed by atoms with Crippen molar-refractivity contribution < 1.29 is 31.4 Å². The van der Waals surface area contributed by atoms with Gasteiger partial charge >= 0.3 is 5.97 Å². The van der Waals surface area contributed by atoms with E-state index in [2.05, 4.69) is 0 Å². The Kier molecular flexibility index (Phi) is 10.4. The predicted molar refractivity (Wildman–Crippen MR) is 41.2 cm³/mol. The van der Waals surface area contributed by atoms with Crippen molar-refractivity contribution in [3.8, 4) is 0 Å². The van der Waals surface area contributed by atoms with E-state index >= 15 is 0 Å². The Morgan fingerprint density at radius 3 is 2.25 bits per heavy atom. The molecule has 0 heterocycles. The van der Waals surface area contributed by atoms with Crippen molar-refractivity contribution in [2.75, 3.05) is 6.61 Å². The van der Waals surface area contributed by atoms with E-state index in [1.54, 1.807) is 6.92 Å². The molecule has 0 bridgehead atoms. The molecule has 3 nitrogen and oxygen atoms in total. The van der Waals surface area contributed by atoms with Gasteiger partial charge in [-0.05, 0) is 6.42 Å². The molecule has 4 heteroatoms. The Labute approximate surface area is 83.3 Å². The molecule has 0 spiro atoms. The quantitative estimate of drug-likeness (QED) is 0.393. The number of ketones is 1. The monoisotopic (exact) mass is 214 g/mol. The molecule has 0 amide bonds. The second-order valence-corrected chi connectivity index (χ2v) is 2.29. The summed E-state index contributed by atoms with van der Waals surface area (Å²) in [5.41, 5.74) is 0. The summed E-state index contributed by atoms with van der Waals surface area (Å²) in [5.74, 6) is -0.468. The summed E-state index contributed by atoms with van der Waals surface area (Å²) in [5, 5.41) is 0. The Morgan fingerprint density at radius 1 is 1.25 bits per heavy atom. The average molecular weight is 214 g/mol. The van der Waals surface area contributed by atoms with Gasteiger partial charge in [0.2, 0.25) is 0 Å². The summed E-state index contributed by atoms with van der Waals surface area (Å²) < 4.78 is 4.70. The van der Waals surface area contributed by atoms with E-state index in [0.29, 0.717) is 13.0 Å². The van der Waals surface area contributed by atoms with E-state index in [9.17, 15) is 9.59 Å². The minimum absolute atomic E-state index is 0. The summed E-state index contributed by atoms with van der Waals surface area (Å²) >= 11 is 0. The number of hydrogen-bond donors (Lipinski definition) is 0. The van der Waals surface area contributed by atoms with Crippen molar-refractivity contribution in [1.82, 2.24) is 0 Å². The molecule has 0 saturated heterocycles. The van der Waals surface area contributed by atoms with Crippen LogP contribution in [-0.2, 0) is 31.4 Å². The van der Waals surface area contributed by atoms with E-state index in [1.165, 1.54) is 0 Å². The largest absolute Gasteiger partial charge is 0.465 e. The topological polar surface area (TPSA) is 43.4 Å². The molecule has 0 N–H and O–H groups in total. The maximum Gasteiger partial charge on any atom is 0.313 e. The molecule has 0 fully saturated rings. The minimum Gasteiger partial charge on any atom is -0.465 e. The number of Topliss-reactive ketones (excluding diaryl/α,β-unsaturated/α-hetero) is 1. The molecule has 0 unspecified atom stereocenters. The second kappa shape index (κ2) is 8.75. The van der Waals surface area contributed by atoms with Crippen LogP contribution in [0.4, 0.5) is 0 Å². The van der Waals surface area contributed by atoms with Gasteiger partial charge in [-0.1, -0.05) is 13.8 Å². The van der Waals surface area contributed by atoms with E-state index in [0.717, 1.165) is 6.42 Å². The van der Waals surface area contributed by atoms with Crippen LogP contribution in [0.1, 0.15) is 33.1 Å². The summed E-state index contributed by atoms with van der Waals surface area (Å²) in [7, 11) is 0. The first-order valence-corrected chi connectivity index (χ1v) is 3.88. The van der Waals surface area contributed by atoms with Crippen molar-refractivity contribution in [1.29, 1.82) is 0 Å². The molecular weight excluding hydrogens is 200 g/mol. The minimum atomic E-state index is -0.404. The Balaban J connectivity index is 0. The summed E-state index contributed by atoms with van der Waals surface area (Å²) in [6.07, 6.45) is 1.13. The summed E-state index contributed by atoms with van der Waals surface area (Å²) in [6, 6.07) is 0. The van der Waals surface area contributed by atoms with Gasteiger partial charge in [0, 0.05) is 23.5 Å². The van der Waals surface area contributed by atoms with Gasteiger partial charge in [0.05, 0.1) is 6.61 Å². The van der Waals surface area contributed by atoms with Gasteiger partial charge in [0.25, 0.3) is 0 Å². The van der Waals surface area contributed by atoms with Gasteiger partial charge < -0.3 is 4.74 Å². The van der Waals surface area contributed by atoms with Gasteiger partial charge in [-0.25, -0.2) is 0 Å². The molecule has 0 rings (SSSR count). The zero-order valence-electron chi connectivity index (χ0n) is 7.41. The number of carbonyl (C=O) groups excluding carboxylic acids is 2. The molecule has 0 aliphatic rings. The van der Waals surface area contributed by atoms with Crippen LogP contribution in [0.15, 0.2) is 0 Å². The average Bonchev–Trinajstić information content (AvgIpc) is 2.00. The molecule has 0 saturated carbocycles. The third kappa shape index (κ3) is 7.76. The van der Waals surface area contributed by atoms with Crippen LogP contribution < -0.4 is 0 Å². The van der Waals surface area contributed by atoms with Gasteiger partial charge in [0.1, 0.15) is 12.2 Å². The van der Waals surface area contributed by atoms with Gasteiger partial charge in [-0.15, -0.1) is 0 Å². The summed E-state index contributed by atoms with van der Waals surface area (Å²) in [6.45, 7) is 4.06. The van der Waals surface area contributed by atoms with Gasteiger partial charge in [-0.2, -0.15) is 0 Å². The Morgan fingerprint density at radius 2 is 1.83 bits per heavy atom. The smallest absolute Gasteiger partial charge is 0.313 e. The first-order chi connectivity index (χ1) is 5.20. The zero-order valence-corrected chi connectivity index (χ0v) is 8.51. The number of rotatable bonds is 5. The van der Waals surface area contributed by atoms with Gasteiger partial charge in [-0.3, -0.25) is 9.59 Å². The number of esters is 1. The van der Waals surface area contributed by atoms with Crippen LogP contribution in [0, 0.1) is 0 Å². The first-order valence-electron chi connectivity index (χ1n) is 3.88. The van der Waals surface area contributed by atoms with Crippen molar-refractivity contribution in [2.45, 2.75) is 33.1 Å². The van der Waals surface area contributed by atoms with Crippen LogP contribution in [0.25, 0.3) is 0 Å². The first kappa shape index (κ1) is 14.2. The normalized spacial score (nSPS) is 8.50. The predicted octanol–water partition coefficient (Wildman–Crippen LogP) is 1.31. The SMILES string of the molecule is CCCOC(=O)CC(=O)CC.[Fe]. The standard InChI is InChI=1S/C8H14O3.Fe/c1-3-5-11-8(10)6-7(9)4-2;/h3-6H2,1-2H3;. The Bertz CT molecular complexity index is 145. The maximum absolute atomic E-state index is 10.7. The molecule has 0 aromatic heterocycles. The molecule has 0 aliphatic carbocycles. The number of hydrogen-bond acceptors (Lipinski definition) is 3. The molecule has 72 valence electrons. The third-order valence-electron chi connectivity index (χ3n) is 1.20.